The van der Waals surface area contributed by atoms with Gasteiger partial charge in [0.15, 0.2) is 17.9 Å². The van der Waals surface area contributed by atoms with E-state index in [1.54, 1.807) is 13.8 Å². The van der Waals surface area contributed by atoms with E-state index in [2.05, 4.69) is 15.3 Å². The highest BCUT2D eigenvalue weighted by Gasteiger charge is 2.27. The van der Waals surface area contributed by atoms with Gasteiger partial charge in [0.05, 0.1) is 6.61 Å². The Bertz CT molecular complexity index is 403. The van der Waals surface area contributed by atoms with Gasteiger partial charge in [-0.2, -0.15) is 0 Å². The molecule has 1 aliphatic heterocycles. The van der Waals surface area contributed by atoms with Crippen LogP contribution in [0.2, 0.25) is 0 Å². The van der Waals surface area contributed by atoms with Crippen molar-refractivity contribution in [3.05, 3.63) is 11.4 Å². The van der Waals surface area contributed by atoms with E-state index in [0.29, 0.717) is 6.61 Å². The highest BCUT2D eigenvalue weighted by Crippen LogP contribution is 2.15. The van der Waals surface area contributed by atoms with Crippen molar-refractivity contribution < 1.29 is 9.53 Å². The summed E-state index contributed by atoms with van der Waals surface area (Å²) in [5, 5.41) is 9.86. The fraction of sp³-hybridized carbons (Fsp3) is 0.400. The molecule has 6 heteroatoms. The predicted octanol–water partition coefficient (Wildman–Crippen LogP) is 0.851. The number of aliphatic imine (C=N–C) groups is 2. The van der Waals surface area contributed by atoms with Crippen LogP contribution >= 0.6 is 0 Å². The van der Waals surface area contributed by atoms with Gasteiger partial charge in [-0.05, 0) is 20.8 Å². The molecule has 1 rings (SSSR count). The SMILES string of the molecule is CCOC=NC1=C(N=C(C)C)C(=O)NC1=N. The molecule has 0 atom stereocenters. The molecule has 1 heterocycles. The van der Waals surface area contributed by atoms with Gasteiger partial charge in [0.1, 0.15) is 5.70 Å². The van der Waals surface area contributed by atoms with Crippen LogP contribution in [0.4, 0.5) is 0 Å². The minimum absolute atomic E-state index is 0.0547. The molecule has 1 aliphatic rings. The molecule has 0 aromatic heterocycles. The van der Waals surface area contributed by atoms with Gasteiger partial charge >= 0.3 is 0 Å². The number of carbonyl (C=O) groups is 1. The lowest BCUT2D eigenvalue weighted by atomic mass is 10.3. The number of nitrogens with zero attached hydrogens (tertiary/aromatic N) is 2. The summed E-state index contributed by atoms with van der Waals surface area (Å²) in [5.41, 5.74) is 1.09. The normalized spacial score (nSPS) is 15.7. The molecule has 16 heavy (non-hydrogen) atoms. The zero-order chi connectivity index (χ0) is 12.1. The molecular weight excluding hydrogens is 208 g/mol. The summed E-state index contributed by atoms with van der Waals surface area (Å²) in [6.45, 7) is 5.84. The standard InChI is InChI=1S/C10H14N4O2/c1-4-16-5-12-7-8(13-6(2)3)10(15)14-9(7)11/h5H,4H2,1-3H3,(H2,11,14,15). The average Bonchev–Trinajstić information content (AvgIpc) is 2.44. The Morgan fingerprint density at radius 2 is 2.19 bits per heavy atom. The summed E-state index contributed by atoms with van der Waals surface area (Å²) in [7, 11) is 0. The average molecular weight is 222 g/mol. The third-order valence-electron chi connectivity index (χ3n) is 1.67. The quantitative estimate of drug-likeness (QED) is 0.545. The summed E-state index contributed by atoms with van der Waals surface area (Å²) >= 11 is 0. The second kappa shape index (κ2) is 5.20. The first kappa shape index (κ1) is 12.1. The number of amides is 1. The van der Waals surface area contributed by atoms with Gasteiger partial charge in [-0.25, -0.2) is 4.99 Å². The molecule has 0 fully saturated rings. The zero-order valence-corrected chi connectivity index (χ0v) is 9.50. The van der Waals surface area contributed by atoms with E-state index in [4.69, 9.17) is 10.1 Å². The molecule has 86 valence electrons. The minimum Gasteiger partial charge on any atom is -0.483 e. The van der Waals surface area contributed by atoms with E-state index in [1.165, 1.54) is 6.40 Å². The van der Waals surface area contributed by atoms with Crippen molar-refractivity contribution in [3.8, 4) is 0 Å². The topological polar surface area (TPSA) is 86.9 Å². The van der Waals surface area contributed by atoms with Crippen LogP contribution < -0.4 is 5.32 Å². The first-order valence-electron chi connectivity index (χ1n) is 4.86. The van der Waals surface area contributed by atoms with Crippen molar-refractivity contribution in [2.75, 3.05) is 6.61 Å². The van der Waals surface area contributed by atoms with Crippen molar-refractivity contribution >= 4 is 23.9 Å². The Morgan fingerprint density at radius 3 is 2.75 bits per heavy atom. The molecule has 0 saturated carbocycles. The van der Waals surface area contributed by atoms with Crippen LogP contribution in [0.3, 0.4) is 0 Å². The Hall–Kier alpha value is -1.98. The fourth-order valence-corrected chi connectivity index (χ4v) is 1.08. The van der Waals surface area contributed by atoms with Gasteiger partial charge in [-0.3, -0.25) is 15.2 Å². The molecule has 1 amide bonds. The summed E-state index contributed by atoms with van der Waals surface area (Å²) in [6, 6.07) is 0. The minimum atomic E-state index is -0.408. The third-order valence-corrected chi connectivity index (χ3v) is 1.67. The molecule has 0 spiro atoms. The summed E-state index contributed by atoms with van der Waals surface area (Å²) in [5.74, 6) is -0.462. The zero-order valence-electron chi connectivity index (χ0n) is 9.50. The Balaban J connectivity index is 3.04. The largest absolute Gasteiger partial charge is 0.483 e. The van der Waals surface area contributed by atoms with Crippen molar-refractivity contribution in [2.24, 2.45) is 9.98 Å². The Morgan fingerprint density at radius 1 is 1.50 bits per heavy atom. The summed E-state index contributed by atoms with van der Waals surface area (Å²) in [6.07, 6.45) is 1.21. The Kier molecular flexibility index (Phi) is 3.93. The first-order chi connectivity index (χ1) is 7.56. The maximum Gasteiger partial charge on any atom is 0.277 e. The molecular formula is C10H14N4O2. The number of hydrogen-bond acceptors (Lipinski definition) is 5. The van der Waals surface area contributed by atoms with Crippen molar-refractivity contribution in [1.82, 2.24) is 5.32 Å². The number of amidine groups is 1. The highest BCUT2D eigenvalue weighted by atomic mass is 16.5. The van der Waals surface area contributed by atoms with Crippen LogP contribution in [-0.2, 0) is 9.53 Å². The second-order valence-electron chi connectivity index (χ2n) is 3.28. The van der Waals surface area contributed by atoms with Crippen LogP contribution in [0.15, 0.2) is 21.4 Å². The summed E-state index contributed by atoms with van der Waals surface area (Å²) in [4.78, 5) is 19.4. The van der Waals surface area contributed by atoms with Crippen LogP contribution in [0, 0.1) is 5.41 Å². The van der Waals surface area contributed by atoms with Gasteiger partial charge in [0.2, 0.25) is 0 Å². The molecule has 0 unspecified atom stereocenters. The van der Waals surface area contributed by atoms with Gasteiger partial charge in [-0.15, -0.1) is 0 Å². The number of carbonyl (C=O) groups excluding carboxylic acids is 1. The van der Waals surface area contributed by atoms with Crippen molar-refractivity contribution in [2.45, 2.75) is 20.8 Å². The second-order valence-corrected chi connectivity index (χ2v) is 3.28. The maximum atomic E-state index is 11.4. The number of nitrogens with one attached hydrogen (secondary N) is 2. The fourth-order valence-electron chi connectivity index (χ4n) is 1.08. The van der Waals surface area contributed by atoms with E-state index >= 15 is 0 Å². The lowest BCUT2D eigenvalue weighted by Crippen LogP contribution is -2.22. The lowest BCUT2D eigenvalue weighted by molar-refractivity contribution is -0.115. The van der Waals surface area contributed by atoms with Gasteiger partial charge in [0.25, 0.3) is 5.91 Å². The van der Waals surface area contributed by atoms with E-state index in [1.807, 2.05) is 6.92 Å². The number of hydrogen-bond donors (Lipinski definition) is 2. The van der Waals surface area contributed by atoms with Crippen LogP contribution in [0.1, 0.15) is 20.8 Å². The molecule has 0 bridgehead atoms. The van der Waals surface area contributed by atoms with E-state index in [9.17, 15) is 4.79 Å². The third kappa shape index (κ3) is 2.75. The molecule has 0 aromatic rings. The van der Waals surface area contributed by atoms with Gasteiger partial charge < -0.3 is 10.1 Å². The first-order valence-corrected chi connectivity index (χ1v) is 4.86. The van der Waals surface area contributed by atoms with Crippen molar-refractivity contribution in [3.63, 3.8) is 0 Å². The highest BCUT2D eigenvalue weighted by molar-refractivity contribution is 6.21. The molecule has 2 N–H and O–H groups in total. The number of ether oxygens (including phenoxy) is 1. The number of rotatable bonds is 4. The maximum absolute atomic E-state index is 11.4. The molecule has 0 aliphatic carbocycles. The summed E-state index contributed by atoms with van der Waals surface area (Å²) < 4.78 is 4.92. The van der Waals surface area contributed by atoms with Crippen molar-refractivity contribution in [1.29, 1.82) is 5.41 Å². The molecule has 0 aromatic carbocycles. The van der Waals surface area contributed by atoms with E-state index < -0.39 is 5.91 Å². The lowest BCUT2D eigenvalue weighted by Gasteiger charge is -1.95. The molecule has 0 radical (unpaired) electrons. The van der Waals surface area contributed by atoms with E-state index in [0.717, 1.165) is 5.71 Å². The smallest absolute Gasteiger partial charge is 0.277 e. The Labute approximate surface area is 93.6 Å². The monoisotopic (exact) mass is 222 g/mol. The van der Waals surface area contributed by atoms with Gasteiger partial charge in [-0.1, -0.05) is 0 Å². The molecule has 0 saturated heterocycles. The van der Waals surface area contributed by atoms with Crippen LogP contribution in [0.25, 0.3) is 0 Å². The van der Waals surface area contributed by atoms with Crippen LogP contribution in [0.5, 0.6) is 0 Å². The molecule has 6 nitrogen and oxygen atoms in total. The predicted molar refractivity (Wildman–Crippen MR) is 61.8 cm³/mol. The van der Waals surface area contributed by atoms with Gasteiger partial charge in [0, 0.05) is 5.71 Å². The van der Waals surface area contributed by atoms with E-state index in [-0.39, 0.29) is 17.2 Å². The van der Waals surface area contributed by atoms with Crippen LogP contribution in [-0.4, -0.2) is 30.5 Å².